The lowest BCUT2D eigenvalue weighted by molar-refractivity contribution is 0.0303. The van der Waals surface area contributed by atoms with Crippen molar-refractivity contribution in [3.63, 3.8) is 0 Å². The molecule has 1 amide bonds. The lowest BCUT2D eigenvalue weighted by Crippen LogP contribution is -2.40. The van der Waals surface area contributed by atoms with Gasteiger partial charge < -0.3 is 28.4 Å². The van der Waals surface area contributed by atoms with Gasteiger partial charge in [0.05, 0.1) is 38.5 Å². The van der Waals surface area contributed by atoms with Crippen LogP contribution in [0.15, 0.2) is 78.9 Å². The second-order valence-electron chi connectivity index (χ2n) is 13.2. The number of benzene rings is 4. The number of carbonyl (C=O) groups excluding carboxylic acids is 1. The number of carbonyl (C=O) groups is 1. The van der Waals surface area contributed by atoms with E-state index in [9.17, 15) is 4.79 Å². The standard InChI is InChI=1S/C40H41N7O5/c1-49-36-17-12-27(24-37(36)50-2)33-15-10-29(40(48)46-18-20-51-21-19-46)22-30(33)25-52-32-13-8-26(9-14-32)39-41-34-23-28(38-42-44-45-43-38)11-16-35(34)47(39)31-6-4-3-5-7-31/h8-17,22-24,31H,3-7,18-21,25H2,1-2H3,(H,42,43,44,45). The van der Waals surface area contributed by atoms with Gasteiger partial charge in [0.15, 0.2) is 11.5 Å². The third-order valence-corrected chi connectivity index (χ3v) is 10.1. The second kappa shape index (κ2) is 14.8. The molecule has 1 aliphatic heterocycles. The number of fused-ring (bicyclic) bond motifs is 1. The normalized spacial score (nSPS) is 15.2. The van der Waals surface area contributed by atoms with E-state index in [1.165, 1.54) is 19.3 Å². The third-order valence-electron chi connectivity index (χ3n) is 10.1. The van der Waals surface area contributed by atoms with E-state index in [2.05, 4.69) is 43.4 Å². The van der Waals surface area contributed by atoms with Crippen molar-refractivity contribution in [3.05, 3.63) is 90.0 Å². The number of rotatable bonds is 10. The highest BCUT2D eigenvalue weighted by molar-refractivity contribution is 5.95. The van der Waals surface area contributed by atoms with Crippen molar-refractivity contribution in [2.24, 2.45) is 0 Å². The highest BCUT2D eigenvalue weighted by Crippen LogP contribution is 2.38. The first-order valence-electron chi connectivity index (χ1n) is 17.8. The summed E-state index contributed by atoms with van der Waals surface area (Å²) in [6, 6.07) is 26.3. The number of H-pyrrole nitrogens is 1. The van der Waals surface area contributed by atoms with Crippen LogP contribution in [0.2, 0.25) is 0 Å². The first-order valence-corrected chi connectivity index (χ1v) is 17.8. The van der Waals surface area contributed by atoms with Crippen LogP contribution in [0.25, 0.3) is 44.9 Å². The van der Waals surface area contributed by atoms with Crippen LogP contribution in [0, 0.1) is 0 Å². The van der Waals surface area contributed by atoms with Gasteiger partial charge in [-0.1, -0.05) is 31.4 Å². The number of aromatic amines is 1. The lowest BCUT2D eigenvalue weighted by atomic mass is 9.94. The van der Waals surface area contributed by atoms with E-state index in [4.69, 9.17) is 23.9 Å². The molecule has 52 heavy (non-hydrogen) atoms. The molecule has 4 aromatic carbocycles. The molecule has 8 rings (SSSR count). The molecule has 1 saturated heterocycles. The molecule has 2 aliphatic rings. The highest BCUT2D eigenvalue weighted by atomic mass is 16.5. The summed E-state index contributed by atoms with van der Waals surface area (Å²) in [6.07, 6.45) is 5.94. The predicted octanol–water partition coefficient (Wildman–Crippen LogP) is 7.12. The molecule has 0 unspecified atom stereocenters. The van der Waals surface area contributed by atoms with Crippen molar-refractivity contribution in [1.82, 2.24) is 35.1 Å². The molecule has 12 nitrogen and oxygen atoms in total. The maximum absolute atomic E-state index is 13.5. The van der Waals surface area contributed by atoms with Gasteiger partial charge in [-0.25, -0.2) is 4.98 Å². The minimum Gasteiger partial charge on any atom is -0.493 e. The largest absolute Gasteiger partial charge is 0.493 e. The van der Waals surface area contributed by atoms with Crippen molar-refractivity contribution in [2.45, 2.75) is 44.8 Å². The zero-order valence-corrected chi connectivity index (χ0v) is 29.4. The number of tetrazole rings is 1. The van der Waals surface area contributed by atoms with Crippen LogP contribution in [-0.2, 0) is 11.3 Å². The predicted molar refractivity (Wildman–Crippen MR) is 196 cm³/mol. The summed E-state index contributed by atoms with van der Waals surface area (Å²) in [6.45, 7) is 2.48. The summed E-state index contributed by atoms with van der Waals surface area (Å²) in [5.41, 5.74) is 7.25. The van der Waals surface area contributed by atoms with E-state index in [1.54, 1.807) is 14.2 Å². The number of methoxy groups -OCH3 is 2. The molecule has 1 aliphatic carbocycles. The van der Waals surface area contributed by atoms with Gasteiger partial charge in [-0.05, 0) is 101 Å². The number of amides is 1. The molecule has 3 heterocycles. The minimum absolute atomic E-state index is 0.0157. The third kappa shape index (κ3) is 6.69. The van der Waals surface area contributed by atoms with Gasteiger partial charge in [0.1, 0.15) is 18.2 Å². The van der Waals surface area contributed by atoms with Crippen LogP contribution in [0.3, 0.4) is 0 Å². The van der Waals surface area contributed by atoms with Gasteiger partial charge in [0.2, 0.25) is 5.82 Å². The Morgan fingerprint density at radius 1 is 0.846 bits per heavy atom. The molecule has 0 atom stereocenters. The van der Waals surface area contributed by atoms with Gasteiger partial charge in [0.25, 0.3) is 5.91 Å². The van der Waals surface area contributed by atoms with Crippen LogP contribution < -0.4 is 14.2 Å². The molecule has 0 bridgehead atoms. The van der Waals surface area contributed by atoms with E-state index in [-0.39, 0.29) is 12.5 Å². The average Bonchev–Trinajstić information content (AvgIpc) is 3.89. The first kappa shape index (κ1) is 33.4. The van der Waals surface area contributed by atoms with Crippen molar-refractivity contribution in [2.75, 3.05) is 40.5 Å². The average molecular weight is 700 g/mol. The van der Waals surface area contributed by atoms with E-state index in [0.717, 1.165) is 57.5 Å². The molecule has 1 saturated carbocycles. The smallest absolute Gasteiger partial charge is 0.254 e. The van der Waals surface area contributed by atoms with E-state index in [1.807, 2.05) is 65.6 Å². The summed E-state index contributed by atoms with van der Waals surface area (Å²) in [5, 5.41) is 14.6. The topological polar surface area (TPSA) is 130 Å². The number of aromatic nitrogens is 6. The van der Waals surface area contributed by atoms with Gasteiger partial charge in [-0.3, -0.25) is 4.79 Å². The van der Waals surface area contributed by atoms with Crippen LogP contribution in [0.5, 0.6) is 17.2 Å². The Bertz CT molecular complexity index is 2170. The van der Waals surface area contributed by atoms with Gasteiger partial charge >= 0.3 is 0 Å². The van der Waals surface area contributed by atoms with Crippen molar-refractivity contribution in [1.29, 1.82) is 0 Å². The van der Waals surface area contributed by atoms with E-state index in [0.29, 0.717) is 61.0 Å². The molecule has 12 heteroatoms. The summed E-state index contributed by atoms with van der Waals surface area (Å²) in [7, 11) is 3.24. The molecular formula is C40H41N7O5. The van der Waals surface area contributed by atoms with Crippen LogP contribution in [0.4, 0.5) is 0 Å². The molecule has 1 N–H and O–H groups in total. The summed E-state index contributed by atoms with van der Waals surface area (Å²) in [4.78, 5) is 20.5. The van der Waals surface area contributed by atoms with Gasteiger partial charge in [-0.2, -0.15) is 5.21 Å². The molecule has 2 fully saturated rings. The Labute approximate surface area is 301 Å². The zero-order valence-electron chi connectivity index (χ0n) is 29.4. The molecule has 266 valence electrons. The highest BCUT2D eigenvalue weighted by Gasteiger charge is 2.24. The van der Waals surface area contributed by atoms with Crippen LogP contribution in [-0.4, -0.2) is 81.5 Å². The Kier molecular flexibility index (Phi) is 9.54. The number of nitrogens with zero attached hydrogens (tertiary/aromatic N) is 6. The second-order valence-corrected chi connectivity index (χ2v) is 13.2. The quantitative estimate of drug-likeness (QED) is 0.159. The summed E-state index contributed by atoms with van der Waals surface area (Å²) < 4.78 is 25.4. The number of hydrogen-bond donors (Lipinski definition) is 1. The van der Waals surface area contributed by atoms with Crippen molar-refractivity contribution < 1.29 is 23.7 Å². The number of morpholine rings is 1. The molecule has 6 aromatic rings. The Morgan fingerprint density at radius 3 is 2.37 bits per heavy atom. The van der Waals surface area contributed by atoms with Gasteiger partial charge in [-0.15, -0.1) is 10.2 Å². The minimum atomic E-state index is -0.0157. The van der Waals surface area contributed by atoms with Crippen molar-refractivity contribution in [3.8, 4) is 51.2 Å². The van der Waals surface area contributed by atoms with Crippen LogP contribution >= 0.6 is 0 Å². The SMILES string of the molecule is COc1ccc(-c2ccc(C(=O)N3CCOCC3)cc2COc2ccc(-c3nc4cc(-c5nn[nH]n5)ccc4n3C3CCCCC3)cc2)cc1OC. The fourth-order valence-corrected chi connectivity index (χ4v) is 7.38. The Hall–Kier alpha value is -5.75. The lowest BCUT2D eigenvalue weighted by Gasteiger charge is -2.27. The summed E-state index contributed by atoms with van der Waals surface area (Å²) >= 11 is 0. The summed E-state index contributed by atoms with van der Waals surface area (Å²) in [5.74, 6) is 3.45. The number of imidazole rings is 1. The monoisotopic (exact) mass is 699 g/mol. The Balaban J connectivity index is 1.09. The van der Waals surface area contributed by atoms with E-state index < -0.39 is 0 Å². The number of nitrogens with one attached hydrogen (secondary N) is 1. The molecule has 2 aromatic heterocycles. The maximum Gasteiger partial charge on any atom is 0.254 e. The molecule has 0 radical (unpaired) electrons. The Morgan fingerprint density at radius 2 is 1.62 bits per heavy atom. The van der Waals surface area contributed by atoms with Crippen LogP contribution in [0.1, 0.15) is 54.1 Å². The number of hydrogen-bond acceptors (Lipinski definition) is 9. The van der Waals surface area contributed by atoms with Gasteiger partial charge in [0, 0.05) is 35.8 Å². The number of ether oxygens (including phenoxy) is 4. The fraction of sp³-hybridized carbons (Fsp3) is 0.325. The van der Waals surface area contributed by atoms with E-state index >= 15 is 0 Å². The maximum atomic E-state index is 13.5. The zero-order chi connectivity index (χ0) is 35.4. The fourth-order valence-electron chi connectivity index (χ4n) is 7.38. The molecular weight excluding hydrogens is 658 g/mol. The molecule has 0 spiro atoms. The first-order chi connectivity index (χ1) is 25.6. The van der Waals surface area contributed by atoms with Crippen molar-refractivity contribution >= 4 is 16.9 Å².